The van der Waals surface area contributed by atoms with Crippen LogP contribution in [0.15, 0.2) is 30.3 Å². The van der Waals surface area contributed by atoms with Crippen LogP contribution >= 0.6 is 0 Å². The fourth-order valence-corrected chi connectivity index (χ4v) is 6.71. The maximum Gasteiger partial charge on any atom is 0.220 e. The van der Waals surface area contributed by atoms with Crippen molar-refractivity contribution in [3.63, 3.8) is 0 Å². The van der Waals surface area contributed by atoms with E-state index in [1.807, 2.05) is 0 Å². The van der Waals surface area contributed by atoms with Crippen LogP contribution in [-0.4, -0.2) is 36.2 Å². The van der Waals surface area contributed by atoms with E-state index in [0.29, 0.717) is 29.7 Å². The lowest BCUT2D eigenvalue weighted by atomic mass is 9.49. The van der Waals surface area contributed by atoms with E-state index in [1.165, 1.54) is 50.5 Å². The standard InChI is InChI=1S/C25H38N2O2/c1-2-24-12-6-13-25(18-24,20-7-4-3-5-8-20)16-19(15-24)9-10-23(29)27-21-11-14-26-17-22(21)28/h3-5,7-8,19,21-22,26,28H,2,6,9-18H2,1H3,(H,27,29)/t19?,21-,22-,24-,25-/m1/s1. The summed E-state index contributed by atoms with van der Waals surface area (Å²) in [7, 11) is 0. The van der Waals surface area contributed by atoms with Gasteiger partial charge in [-0.15, -0.1) is 0 Å². The molecule has 29 heavy (non-hydrogen) atoms. The third-order valence-corrected chi connectivity index (χ3v) is 8.19. The minimum Gasteiger partial charge on any atom is -0.390 e. The molecule has 5 atom stereocenters. The quantitative estimate of drug-likeness (QED) is 0.680. The van der Waals surface area contributed by atoms with E-state index in [0.717, 1.165) is 19.4 Å². The highest BCUT2D eigenvalue weighted by molar-refractivity contribution is 5.76. The molecule has 1 unspecified atom stereocenters. The molecule has 3 aliphatic rings. The second-order valence-electron chi connectivity index (χ2n) is 10.1. The summed E-state index contributed by atoms with van der Waals surface area (Å²) in [6, 6.07) is 11.1. The number of nitrogens with one attached hydrogen (secondary N) is 2. The molecule has 2 aliphatic carbocycles. The molecule has 4 nitrogen and oxygen atoms in total. The number of piperidine rings is 1. The monoisotopic (exact) mass is 398 g/mol. The summed E-state index contributed by atoms with van der Waals surface area (Å²) in [4.78, 5) is 12.6. The first kappa shape index (κ1) is 20.9. The second-order valence-corrected chi connectivity index (χ2v) is 10.1. The van der Waals surface area contributed by atoms with E-state index in [1.54, 1.807) is 0 Å². The van der Waals surface area contributed by atoms with Crippen LogP contribution in [0.4, 0.5) is 0 Å². The minimum absolute atomic E-state index is 0.0906. The molecule has 4 heteroatoms. The number of amides is 1. The third kappa shape index (κ3) is 4.54. The summed E-state index contributed by atoms with van der Waals surface area (Å²) in [5.41, 5.74) is 2.28. The highest BCUT2D eigenvalue weighted by atomic mass is 16.3. The molecular weight excluding hydrogens is 360 g/mol. The van der Waals surface area contributed by atoms with Crippen LogP contribution in [0, 0.1) is 11.3 Å². The Hall–Kier alpha value is -1.39. The summed E-state index contributed by atoms with van der Waals surface area (Å²) in [6.45, 7) is 3.81. The molecule has 1 aromatic rings. The van der Waals surface area contributed by atoms with E-state index in [9.17, 15) is 9.90 Å². The van der Waals surface area contributed by atoms with Crippen LogP contribution in [0.3, 0.4) is 0 Å². The number of hydrogen-bond donors (Lipinski definition) is 3. The van der Waals surface area contributed by atoms with Crippen molar-refractivity contribution in [3.8, 4) is 0 Å². The summed E-state index contributed by atoms with van der Waals surface area (Å²) in [5, 5.41) is 16.4. The van der Waals surface area contributed by atoms with Gasteiger partial charge in [-0.2, -0.15) is 0 Å². The molecule has 3 N–H and O–H groups in total. The van der Waals surface area contributed by atoms with Crippen molar-refractivity contribution >= 4 is 5.91 Å². The summed E-state index contributed by atoms with van der Waals surface area (Å²) < 4.78 is 0. The molecule has 0 aromatic heterocycles. The molecule has 0 radical (unpaired) electrons. The van der Waals surface area contributed by atoms with Crippen molar-refractivity contribution < 1.29 is 9.90 Å². The molecular formula is C25H38N2O2. The first-order chi connectivity index (χ1) is 14.0. The van der Waals surface area contributed by atoms with Gasteiger partial charge in [0, 0.05) is 13.0 Å². The molecule has 2 bridgehead atoms. The van der Waals surface area contributed by atoms with Gasteiger partial charge in [-0.3, -0.25) is 4.79 Å². The van der Waals surface area contributed by atoms with Gasteiger partial charge in [0.05, 0.1) is 12.1 Å². The number of carbonyl (C=O) groups excluding carboxylic acids is 1. The van der Waals surface area contributed by atoms with Crippen molar-refractivity contribution in [1.29, 1.82) is 0 Å². The molecule has 1 heterocycles. The summed E-state index contributed by atoms with van der Waals surface area (Å²) >= 11 is 0. The largest absolute Gasteiger partial charge is 0.390 e. The SMILES string of the molecule is CC[C@@]12CCC[C@@](c3ccccc3)(CC(CCC(=O)N[C@@H]3CCNC[C@H]3O)C1)C2. The van der Waals surface area contributed by atoms with E-state index < -0.39 is 6.10 Å². The number of fused-ring (bicyclic) bond motifs is 2. The second kappa shape index (κ2) is 8.77. The Kier molecular flexibility index (Phi) is 6.31. The Bertz CT molecular complexity index is 693. The molecule has 1 aromatic carbocycles. The van der Waals surface area contributed by atoms with Gasteiger partial charge in [0.1, 0.15) is 0 Å². The van der Waals surface area contributed by atoms with Gasteiger partial charge in [-0.1, -0.05) is 50.1 Å². The van der Waals surface area contributed by atoms with Crippen LogP contribution in [-0.2, 0) is 10.2 Å². The van der Waals surface area contributed by atoms with Crippen molar-refractivity contribution in [2.45, 2.75) is 88.7 Å². The van der Waals surface area contributed by atoms with Crippen molar-refractivity contribution in [3.05, 3.63) is 35.9 Å². The Morgan fingerprint density at radius 3 is 2.83 bits per heavy atom. The van der Waals surface area contributed by atoms with Crippen LogP contribution in [0.5, 0.6) is 0 Å². The van der Waals surface area contributed by atoms with E-state index >= 15 is 0 Å². The number of aliphatic hydroxyl groups is 1. The van der Waals surface area contributed by atoms with Gasteiger partial charge in [0.25, 0.3) is 0 Å². The first-order valence-corrected chi connectivity index (χ1v) is 11.8. The molecule has 4 rings (SSSR count). The molecule has 160 valence electrons. The van der Waals surface area contributed by atoms with Crippen LogP contribution < -0.4 is 10.6 Å². The molecule has 1 amide bonds. The third-order valence-electron chi connectivity index (χ3n) is 8.19. The normalized spacial score (nSPS) is 37.1. The first-order valence-electron chi connectivity index (χ1n) is 11.8. The number of hydrogen-bond acceptors (Lipinski definition) is 3. The zero-order valence-electron chi connectivity index (χ0n) is 18.0. The predicted octanol–water partition coefficient (Wildman–Crippen LogP) is 3.92. The fourth-order valence-electron chi connectivity index (χ4n) is 6.71. The van der Waals surface area contributed by atoms with Crippen LogP contribution in [0.25, 0.3) is 0 Å². The van der Waals surface area contributed by atoms with Crippen molar-refractivity contribution in [1.82, 2.24) is 10.6 Å². The fraction of sp³-hybridized carbons (Fsp3) is 0.720. The highest BCUT2D eigenvalue weighted by Crippen LogP contribution is 2.60. The topological polar surface area (TPSA) is 61.4 Å². The van der Waals surface area contributed by atoms with Crippen LogP contribution in [0.2, 0.25) is 0 Å². The minimum atomic E-state index is -0.466. The Morgan fingerprint density at radius 1 is 1.24 bits per heavy atom. The van der Waals surface area contributed by atoms with Gasteiger partial charge < -0.3 is 15.7 Å². The zero-order valence-corrected chi connectivity index (χ0v) is 18.0. The highest BCUT2D eigenvalue weighted by Gasteiger charge is 2.50. The number of carbonyl (C=O) groups is 1. The number of aliphatic hydroxyl groups excluding tert-OH is 1. The van der Waals surface area contributed by atoms with Gasteiger partial charge >= 0.3 is 0 Å². The molecule has 0 spiro atoms. The number of β-amino-alcohol motifs (C(OH)–C–C–N with tert-alkyl or cyclic N) is 1. The van der Waals surface area contributed by atoms with Crippen LogP contribution in [0.1, 0.15) is 76.7 Å². The molecule has 3 fully saturated rings. The zero-order chi connectivity index (χ0) is 20.3. The predicted molar refractivity (Wildman–Crippen MR) is 117 cm³/mol. The maximum absolute atomic E-state index is 12.6. The Morgan fingerprint density at radius 2 is 2.07 bits per heavy atom. The Balaban J connectivity index is 1.42. The van der Waals surface area contributed by atoms with Crippen molar-refractivity contribution in [2.75, 3.05) is 13.1 Å². The van der Waals surface area contributed by atoms with E-state index in [-0.39, 0.29) is 11.9 Å². The smallest absolute Gasteiger partial charge is 0.220 e. The Labute approximate surface area is 175 Å². The lowest BCUT2D eigenvalue weighted by Gasteiger charge is -2.55. The molecule has 1 saturated heterocycles. The van der Waals surface area contributed by atoms with Gasteiger partial charge in [0.15, 0.2) is 0 Å². The van der Waals surface area contributed by atoms with E-state index in [2.05, 4.69) is 47.9 Å². The summed E-state index contributed by atoms with van der Waals surface area (Å²) in [5.74, 6) is 0.735. The average Bonchev–Trinajstić information content (AvgIpc) is 2.74. The summed E-state index contributed by atoms with van der Waals surface area (Å²) in [6.07, 6.45) is 11.0. The lowest BCUT2D eigenvalue weighted by molar-refractivity contribution is -0.123. The molecule has 1 aliphatic heterocycles. The molecule has 2 saturated carbocycles. The number of benzene rings is 1. The lowest BCUT2D eigenvalue weighted by Crippen LogP contribution is -2.52. The average molecular weight is 399 g/mol. The van der Waals surface area contributed by atoms with Crippen molar-refractivity contribution in [2.24, 2.45) is 11.3 Å². The number of rotatable bonds is 6. The van der Waals surface area contributed by atoms with E-state index in [4.69, 9.17) is 0 Å². The van der Waals surface area contributed by atoms with Gasteiger partial charge in [-0.25, -0.2) is 0 Å². The maximum atomic E-state index is 12.6. The van der Waals surface area contributed by atoms with Gasteiger partial charge in [-0.05, 0) is 73.8 Å². The van der Waals surface area contributed by atoms with Gasteiger partial charge in [0.2, 0.25) is 5.91 Å².